The summed E-state index contributed by atoms with van der Waals surface area (Å²) in [6.45, 7) is 12.2. The average molecular weight is 384 g/mol. The Kier molecular flexibility index (Phi) is 5.88. The number of ether oxygens (including phenoxy) is 2. The number of benzene rings is 2. The van der Waals surface area contributed by atoms with Gasteiger partial charge in [0.15, 0.2) is 0 Å². The summed E-state index contributed by atoms with van der Waals surface area (Å²) in [6.07, 6.45) is 0. The van der Waals surface area contributed by atoms with Gasteiger partial charge in [-0.3, -0.25) is 0 Å². The SMILES string of the molecule is COC(=O)c1ccc(Oc2c(C(=O)O)cc(C(C)(C)C)cc2C(C)(C)C)cc1. The number of hydrogen-bond donors (Lipinski definition) is 1. The molecule has 5 heteroatoms. The number of carbonyl (C=O) groups excluding carboxylic acids is 1. The lowest BCUT2D eigenvalue weighted by atomic mass is 9.79. The Hall–Kier alpha value is -2.82. The molecule has 1 N–H and O–H groups in total. The summed E-state index contributed by atoms with van der Waals surface area (Å²) in [5.74, 6) is -0.719. The van der Waals surface area contributed by atoms with E-state index in [9.17, 15) is 14.7 Å². The predicted molar refractivity (Wildman–Crippen MR) is 109 cm³/mol. The quantitative estimate of drug-likeness (QED) is 0.699. The third-order valence-corrected chi connectivity index (χ3v) is 4.49. The molecule has 0 amide bonds. The maximum atomic E-state index is 12.0. The molecule has 0 saturated heterocycles. The molecule has 0 aliphatic rings. The molecule has 0 aromatic heterocycles. The van der Waals surface area contributed by atoms with Crippen LogP contribution in [0.15, 0.2) is 36.4 Å². The first kappa shape index (κ1) is 21.5. The van der Waals surface area contributed by atoms with E-state index in [-0.39, 0.29) is 16.4 Å². The van der Waals surface area contributed by atoms with E-state index in [1.807, 2.05) is 47.6 Å². The number of carboxylic acid groups (broad SMARTS) is 1. The fourth-order valence-corrected chi connectivity index (χ4v) is 2.78. The van der Waals surface area contributed by atoms with Gasteiger partial charge in [0, 0.05) is 5.56 Å². The van der Waals surface area contributed by atoms with Crippen molar-refractivity contribution in [3.8, 4) is 11.5 Å². The van der Waals surface area contributed by atoms with E-state index in [0.29, 0.717) is 17.1 Å². The summed E-state index contributed by atoms with van der Waals surface area (Å²) in [6, 6.07) is 10.1. The number of methoxy groups -OCH3 is 1. The highest BCUT2D eigenvalue weighted by Crippen LogP contribution is 2.40. The normalized spacial score (nSPS) is 11.8. The van der Waals surface area contributed by atoms with E-state index in [0.717, 1.165) is 11.1 Å². The van der Waals surface area contributed by atoms with Gasteiger partial charge in [-0.05, 0) is 46.7 Å². The van der Waals surface area contributed by atoms with Crippen LogP contribution in [-0.2, 0) is 15.6 Å². The second kappa shape index (κ2) is 7.66. The Bertz CT molecular complexity index is 881. The predicted octanol–water partition coefficient (Wildman–Crippen LogP) is 5.56. The first-order valence-corrected chi connectivity index (χ1v) is 9.13. The van der Waals surface area contributed by atoms with E-state index >= 15 is 0 Å². The standard InChI is InChI=1S/C23H28O5/c1-22(2,3)15-12-17(20(24)25)19(18(13-15)23(4,5)6)28-16-10-8-14(9-11-16)21(26)27-7/h8-13H,1-7H3,(H,24,25). The minimum Gasteiger partial charge on any atom is -0.478 e. The minimum absolute atomic E-state index is 0.120. The van der Waals surface area contributed by atoms with Gasteiger partial charge in [-0.1, -0.05) is 47.6 Å². The molecule has 2 aromatic carbocycles. The highest BCUT2D eigenvalue weighted by Gasteiger charge is 2.28. The van der Waals surface area contributed by atoms with Crippen molar-refractivity contribution in [2.24, 2.45) is 0 Å². The van der Waals surface area contributed by atoms with Crippen LogP contribution in [0.4, 0.5) is 0 Å². The smallest absolute Gasteiger partial charge is 0.339 e. The molecule has 0 fully saturated rings. The van der Waals surface area contributed by atoms with Crippen LogP contribution in [-0.4, -0.2) is 24.2 Å². The lowest BCUT2D eigenvalue weighted by Gasteiger charge is -2.28. The highest BCUT2D eigenvalue weighted by atomic mass is 16.5. The fraction of sp³-hybridized carbons (Fsp3) is 0.391. The van der Waals surface area contributed by atoms with Gasteiger partial charge in [-0.15, -0.1) is 0 Å². The topological polar surface area (TPSA) is 72.8 Å². The summed E-state index contributed by atoms with van der Waals surface area (Å²) >= 11 is 0. The van der Waals surface area contributed by atoms with Crippen molar-refractivity contribution >= 4 is 11.9 Å². The lowest BCUT2D eigenvalue weighted by molar-refractivity contribution is 0.0600. The van der Waals surface area contributed by atoms with E-state index in [4.69, 9.17) is 9.47 Å². The number of carbonyl (C=O) groups is 2. The molecule has 5 nitrogen and oxygen atoms in total. The van der Waals surface area contributed by atoms with Crippen LogP contribution in [0, 0.1) is 0 Å². The first-order valence-electron chi connectivity index (χ1n) is 9.13. The minimum atomic E-state index is -1.04. The van der Waals surface area contributed by atoms with Crippen molar-refractivity contribution in [1.29, 1.82) is 0 Å². The van der Waals surface area contributed by atoms with Gasteiger partial charge in [0.05, 0.1) is 12.7 Å². The Morgan fingerprint density at radius 2 is 1.46 bits per heavy atom. The lowest BCUT2D eigenvalue weighted by Crippen LogP contribution is -2.19. The number of hydrogen-bond acceptors (Lipinski definition) is 4. The Morgan fingerprint density at radius 1 is 0.893 bits per heavy atom. The number of rotatable bonds is 4. The molecule has 0 bridgehead atoms. The molecule has 0 saturated carbocycles. The highest BCUT2D eigenvalue weighted by molar-refractivity contribution is 5.92. The maximum absolute atomic E-state index is 12.0. The summed E-state index contributed by atoms with van der Waals surface area (Å²) in [4.78, 5) is 23.6. The van der Waals surface area contributed by atoms with Crippen molar-refractivity contribution in [3.05, 3.63) is 58.7 Å². The van der Waals surface area contributed by atoms with Gasteiger partial charge >= 0.3 is 11.9 Å². The van der Waals surface area contributed by atoms with Crippen molar-refractivity contribution in [1.82, 2.24) is 0 Å². The Morgan fingerprint density at radius 3 is 1.89 bits per heavy atom. The number of esters is 1. The first-order chi connectivity index (χ1) is 12.8. The van der Waals surface area contributed by atoms with Gasteiger partial charge in [-0.25, -0.2) is 9.59 Å². The average Bonchev–Trinajstić information content (AvgIpc) is 2.59. The van der Waals surface area contributed by atoms with Crippen LogP contribution < -0.4 is 4.74 Å². The fourth-order valence-electron chi connectivity index (χ4n) is 2.78. The summed E-state index contributed by atoms with van der Waals surface area (Å²) in [5, 5.41) is 9.83. The van der Waals surface area contributed by atoms with Crippen LogP contribution >= 0.6 is 0 Å². The molecular formula is C23H28O5. The van der Waals surface area contributed by atoms with E-state index in [1.54, 1.807) is 30.3 Å². The van der Waals surface area contributed by atoms with Gasteiger partial charge in [-0.2, -0.15) is 0 Å². The van der Waals surface area contributed by atoms with Crippen LogP contribution in [0.2, 0.25) is 0 Å². The zero-order chi connectivity index (χ0) is 21.3. The van der Waals surface area contributed by atoms with Crippen LogP contribution in [0.3, 0.4) is 0 Å². The van der Waals surface area contributed by atoms with Gasteiger partial charge in [0.2, 0.25) is 0 Å². The van der Waals surface area contributed by atoms with Crippen molar-refractivity contribution in [3.63, 3.8) is 0 Å². The van der Waals surface area contributed by atoms with Crippen LogP contribution in [0.25, 0.3) is 0 Å². The third-order valence-electron chi connectivity index (χ3n) is 4.49. The molecule has 0 aliphatic heterocycles. The summed E-state index contributed by atoms with van der Waals surface area (Å²) in [5.41, 5.74) is 1.73. The molecule has 0 radical (unpaired) electrons. The molecule has 28 heavy (non-hydrogen) atoms. The Balaban J connectivity index is 2.61. The maximum Gasteiger partial charge on any atom is 0.339 e. The zero-order valence-corrected chi connectivity index (χ0v) is 17.5. The molecule has 0 aliphatic carbocycles. The van der Waals surface area contributed by atoms with Gasteiger partial charge < -0.3 is 14.6 Å². The number of aromatic carboxylic acids is 1. The molecule has 2 aromatic rings. The molecule has 0 heterocycles. The van der Waals surface area contributed by atoms with Crippen molar-refractivity contribution in [2.45, 2.75) is 52.4 Å². The molecule has 150 valence electrons. The molecule has 0 spiro atoms. The van der Waals surface area contributed by atoms with Crippen molar-refractivity contribution < 1.29 is 24.2 Å². The van der Waals surface area contributed by atoms with Crippen LogP contribution in [0.1, 0.15) is 73.4 Å². The number of carboxylic acids is 1. The van der Waals surface area contributed by atoms with Gasteiger partial charge in [0.1, 0.15) is 17.1 Å². The van der Waals surface area contributed by atoms with E-state index < -0.39 is 11.9 Å². The largest absolute Gasteiger partial charge is 0.478 e. The molecule has 2 rings (SSSR count). The second-order valence-corrected chi connectivity index (χ2v) is 8.82. The van der Waals surface area contributed by atoms with Gasteiger partial charge in [0.25, 0.3) is 0 Å². The molecule has 0 unspecified atom stereocenters. The van der Waals surface area contributed by atoms with E-state index in [2.05, 4.69) is 0 Å². The summed E-state index contributed by atoms with van der Waals surface area (Å²) in [7, 11) is 1.32. The summed E-state index contributed by atoms with van der Waals surface area (Å²) < 4.78 is 10.7. The Labute approximate surface area is 166 Å². The molecule has 0 atom stereocenters. The third kappa shape index (κ3) is 4.71. The monoisotopic (exact) mass is 384 g/mol. The second-order valence-electron chi connectivity index (χ2n) is 8.82. The van der Waals surface area contributed by atoms with Crippen molar-refractivity contribution in [2.75, 3.05) is 7.11 Å². The van der Waals surface area contributed by atoms with E-state index in [1.165, 1.54) is 7.11 Å². The zero-order valence-electron chi connectivity index (χ0n) is 17.5. The molecular weight excluding hydrogens is 356 g/mol. The van der Waals surface area contributed by atoms with Crippen LogP contribution in [0.5, 0.6) is 11.5 Å².